The van der Waals surface area contributed by atoms with E-state index < -0.39 is 0 Å². The Morgan fingerprint density at radius 1 is 1.18 bits per heavy atom. The van der Waals surface area contributed by atoms with E-state index in [1.165, 1.54) is 0 Å². The van der Waals surface area contributed by atoms with Gasteiger partial charge in [-0.2, -0.15) is 0 Å². The molecule has 0 aliphatic carbocycles. The number of amides is 1. The van der Waals surface area contributed by atoms with E-state index in [2.05, 4.69) is 34.0 Å². The van der Waals surface area contributed by atoms with Crippen LogP contribution in [0, 0.1) is 3.57 Å². The van der Waals surface area contributed by atoms with Gasteiger partial charge < -0.3 is 5.32 Å². The monoisotopic (exact) mass is 339 g/mol. The number of hydrogen-bond acceptors (Lipinski definition) is 1. The molecule has 3 heteroatoms. The fourth-order valence-electron chi connectivity index (χ4n) is 1.73. The highest BCUT2D eigenvalue weighted by molar-refractivity contribution is 14.1. The van der Waals surface area contributed by atoms with Crippen molar-refractivity contribution >= 4 is 39.3 Å². The van der Waals surface area contributed by atoms with Crippen molar-refractivity contribution in [2.75, 3.05) is 0 Å². The van der Waals surface area contributed by atoms with Gasteiger partial charge in [0, 0.05) is 9.61 Å². The summed E-state index contributed by atoms with van der Waals surface area (Å²) in [6, 6.07) is 12.2. The Morgan fingerprint density at radius 2 is 1.76 bits per heavy atom. The van der Waals surface area contributed by atoms with Gasteiger partial charge in [0.1, 0.15) is 0 Å². The van der Waals surface area contributed by atoms with Crippen molar-refractivity contribution in [3.63, 3.8) is 0 Å². The highest BCUT2D eigenvalue weighted by atomic mass is 127. The van der Waals surface area contributed by atoms with Crippen molar-refractivity contribution in [1.29, 1.82) is 0 Å². The quantitative estimate of drug-likeness (QED) is 0.833. The SMILES string of the molecule is CC(C)NC(=O)c1cc2ccccc2cc1I. The molecule has 0 radical (unpaired) electrons. The largest absolute Gasteiger partial charge is 0.350 e. The summed E-state index contributed by atoms with van der Waals surface area (Å²) >= 11 is 2.21. The van der Waals surface area contributed by atoms with Crippen molar-refractivity contribution in [3.05, 3.63) is 45.5 Å². The zero-order valence-corrected chi connectivity index (χ0v) is 12.0. The van der Waals surface area contributed by atoms with Crippen LogP contribution in [0.15, 0.2) is 36.4 Å². The van der Waals surface area contributed by atoms with Gasteiger partial charge in [0.25, 0.3) is 5.91 Å². The van der Waals surface area contributed by atoms with Crippen molar-refractivity contribution in [1.82, 2.24) is 5.32 Å². The third-order valence-corrected chi connectivity index (χ3v) is 3.39. The minimum absolute atomic E-state index is 0.00449. The maximum atomic E-state index is 12.0. The Hall–Kier alpha value is -1.10. The number of rotatable bonds is 2. The molecule has 0 heterocycles. The van der Waals surface area contributed by atoms with Crippen LogP contribution < -0.4 is 5.32 Å². The van der Waals surface area contributed by atoms with Crippen molar-refractivity contribution in [2.45, 2.75) is 19.9 Å². The average molecular weight is 339 g/mol. The molecular formula is C14H14INO. The van der Waals surface area contributed by atoms with Crippen molar-refractivity contribution in [2.24, 2.45) is 0 Å². The molecule has 0 spiro atoms. The maximum absolute atomic E-state index is 12.0. The summed E-state index contributed by atoms with van der Waals surface area (Å²) in [5, 5.41) is 5.18. The van der Waals surface area contributed by atoms with Gasteiger partial charge in [-0.3, -0.25) is 4.79 Å². The molecule has 2 nitrogen and oxygen atoms in total. The van der Waals surface area contributed by atoms with E-state index in [0.29, 0.717) is 0 Å². The van der Waals surface area contributed by atoms with Crippen LogP contribution in [-0.4, -0.2) is 11.9 Å². The highest BCUT2D eigenvalue weighted by Crippen LogP contribution is 2.21. The molecule has 88 valence electrons. The van der Waals surface area contributed by atoms with Gasteiger partial charge in [-0.15, -0.1) is 0 Å². The number of carbonyl (C=O) groups is 1. The number of hydrogen-bond donors (Lipinski definition) is 1. The fraction of sp³-hybridized carbons (Fsp3) is 0.214. The van der Waals surface area contributed by atoms with E-state index in [-0.39, 0.29) is 11.9 Å². The second-order valence-electron chi connectivity index (χ2n) is 4.31. The van der Waals surface area contributed by atoms with Gasteiger partial charge in [0.05, 0.1) is 5.56 Å². The topological polar surface area (TPSA) is 29.1 Å². The molecule has 0 saturated heterocycles. The van der Waals surface area contributed by atoms with E-state index in [1.54, 1.807) is 0 Å². The van der Waals surface area contributed by atoms with Crippen LogP contribution in [0.3, 0.4) is 0 Å². The predicted octanol–water partition coefficient (Wildman–Crippen LogP) is 3.58. The third-order valence-electron chi connectivity index (χ3n) is 2.50. The Kier molecular flexibility index (Phi) is 3.66. The van der Waals surface area contributed by atoms with Crippen LogP contribution in [0.2, 0.25) is 0 Å². The molecule has 0 unspecified atom stereocenters. The Morgan fingerprint density at radius 3 is 2.35 bits per heavy atom. The normalized spacial score (nSPS) is 10.8. The second kappa shape index (κ2) is 5.04. The van der Waals surface area contributed by atoms with Crippen LogP contribution in [0.25, 0.3) is 10.8 Å². The van der Waals surface area contributed by atoms with E-state index in [4.69, 9.17) is 0 Å². The van der Waals surface area contributed by atoms with E-state index in [9.17, 15) is 4.79 Å². The summed E-state index contributed by atoms with van der Waals surface area (Å²) < 4.78 is 0.986. The Labute approximate surface area is 115 Å². The van der Waals surface area contributed by atoms with Gasteiger partial charge in [-0.25, -0.2) is 0 Å². The molecule has 0 aliphatic heterocycles. The zero-order valence-electron chi connectivity index (χ0n) is 9.83. The summed E-state index contributed by atoms with van der Waals surface area (Å²) in [4.78, 5) is 12.0. The lowest BCUT2D eigenvalue weighted by molar-refractivity contribution is 0.0942. The molecule has 0 atom stereocenters. The Bertz CT molecular complexity index is 563. The molecule has 2 aromatic carbocycles. The van der Waals surface area contributed by atoms with Crippen molar-refractivity contribution < 1.29 is 4.79 Å². The number of nitrogens with one attached hydrogen (secondary N) is 1. The van der Waals surface area contributed by atoms with Crippen LogP contribution in [0.4, 0.5) is 0 Å². The van der Waals surface area contributed by atoms with Gasteiger partial charge in [-0.05, 0) is 59.3 Å². The zero-order chi connectivity index (χ0) is 12.4. The summed E-state index contributed by atoms with van der Waals surface area (Å²) in [6.07, 6.45) is 0. The third kappa shape index (κ3) is 2.77. The average Bonchev–Trinajstić information content (AvgIpc) is 2.27. The first-order chi connectivity index (χ1) is 8.08. The molecule has 0 bridgehead atoms. The van der Waals surface area contributed by atoms with Gasteiger partial charge >= 0.3 is 0 Å². The van der Waals surface area contributed by atoms with Crippen LogP contribution in [0.5, 0.6) is 0 Å². The van der Waals surface area contributed by atoms with Crippen LogP contribution >= 0.6 is 22.6 Å². The predicted molar refractivity (Wildman–Crippen MR) is 79.3 cm³/mol. The first kappa shape index (κ1) is 12.4. The number of benzene rings is 2. The summed E-state index contributed by atoms with van der Waals surface area (Å²) in [6.45, 7) is 3.93. The molecule has 2 aromatic rings. The number of carbonyl (C=O) groups excluding carboxylic acids is 1. The lowest BCUT2D eigenvalue weighted by Crippen LogP contribution is -2.30. The summed E-state index contributed by atoms with van der Waals surface area (Å²) in [5.41, 5.74) is 0.748. The van der Waals surface area contributed by atoms with Gasteiger partial charge in [-0.1, -0.05) is 24.3 Å². The first-order valence-corrected chi connectivity index (χ1v) is 6.65. The van der Waals surface area contributed by atoms with E-state index in [1.807, 2.05) is 44.2 Å². The van der Waals surface area contributed by atoms with Crippen LogP contribution in [-0.2, 0) is 0 Å². The molecular weight excluding hydrogens is 325 g/mol. The second-order valence-corrected chi connectivity index (χ2v) is 5.47. The number of fused-ring (bicyclic) bond motifs is 1. The fourth-order valence-corrected chi connectivity index (χ4v) is 2.46. The molecule has 1 amide bonds. The molecule has 2 rings (SSSR count). The van der Waals surface area contributed by atoms with Crippen molar-refractivity contribution in [3.8, 4) is 0 Å². The molecule has 1 N–H and O–H groups in total. The minimum Gasteiger partial charge on any atom is -0.350 e. The first-order valence-electron chi connectivity index (χ1n) is 5.57. The lowest BCUT2D eigenvalue weighted by Gasteiger charge is -2.10. The lowest BCUT2D eigenvalue weighted by atomic mass is 10.1. The van der Waals surface area contributed by atoms with E-state index >= 15 is 0 Å². The Balaban J connectivity index is 2.47. The summed E-state index contributed by atoms with van der Waals surface area (Å²) in [7, 11) is 0. The molecule has 0 saturated carbocycles. The summed E-state index contributed by atoms with van der Waals surface area (Å²) in [5.74, 6) is -0.00449. The molecule has 0 aromatic heterocycles. The van der Waals surface area contributed by atoms with Gasteiger partial charge in [0.2, 0.25) is 0 Å². The standard InChI is InChI=1S/C14H14INO/c1-9(2)16-14(17)12-7-10-5-3-4-6-11(10)8-13(12)15/h3-9H,1-2H3,(H,16,17). The molecule has 0 aliphatic rings. The van der Waals surface area contributed by atoms with Gasteiger partial charge in [0.15, 0.2) is 0 Å². The van der Waals surface area contributed by atoms with E-state index in [0.717, 1.165) is 19.9 Å². The molecule has 17 heavy (non-hydrogen) atoms. The highest BCUT2D eigenvalue weighted by Gasteiger charge is 2.11. The maximum Gasteiger partial charge on any atom is 0.252 e. The van der Waals surface area contributed by atoms with Crippen LogP contribution in [0.1, 0.15) is 24.2 Å². The molecule has 0 fully saturated rings. The minimum atomic E-state index is -0.00449. The number of halogens is 1. The smallest absolute Gasteiger partial charge is 0.252 e.